The molecule has 10 heteroatoms. The zero-order valence-electron chi connectivity index (χ0n) is 21.6. The van der Waals surface area contributed by atoms with E-state index in [1.54, 1.807) is 37.3 Å². The Morgan fingerprint density at radius 1 is 1.08 bits per heavy atom. The SMILES string of the molecule is CCCC(C(=O)NC1CCCC1)N(C(=O)Cn1nnc(-c2ccc(OC)c(OC)c2)n1)c1ccccc1. The molecule has 1 heterocycles. The van der Waals surface area contributed by atoms with E-state index in [-0.39, 0.29) is 24.4 Å². The van der Waals surface area contributed by atoms with Gasteiger partial charge in [-0.2, -0.15) is 4.80 Å². The minimum atomic E-state index is -0.630. The van der Waals surface area contributed by atoms with Gasteiger partial charge in [0.05, 0.1) is 14.2 Å². The van der Waals surface area contributed by atoms with Crippen molar-refractivity contribution in [3.05, 3.63) is 48.5 Å². The molecule has 2 amide bonds. The highest BCUT2D eigenvalue weighted by Gasteiger charge is 2.32. The molecule has 1 atom stereocenters. The van der Waals surface area contributed by atoms with Crippen LogP contribution in [0.2, 0.25) is 0 Å². The highest BCUT2D eigenvalue weighted by atomic mass is 16.5. The topological polar surface area (TPSA) is 111 Å². The van der Waals surface area contributed by atoms with Gasteiger partial charge in [-0.05, 0) is 54.8 Å². The van der Waals surface area contributed by atoms with Crippen LogP contribution < -0.4 is 19.7 Å². The van der Waals surface area contributed by atoms with Gasteiger partial charge < -0.3 is 14.8 Å². The van der Waals surface area contributed by atoms with Gasteiger partial charge in [-0.1, -0.05) is 44.4 Å². The number of benzene rings is 2. The van der Waals surface area contributed by atoms with Gasteiger partial charge in [0, 0.05) is 17.3 Å². The summed E-state index contributed by atoms with van der Waals surface area (Å²) in [5.41, 5.74) is 1.34. The largest absolute Gasteiger partial charge is 0.493 e. The second kappa shape index (κ2) is 12.3. The van der Waals surface area contributed by atoms with E-state index in [0.29, 0.717) is 35.0 Å². The first-order chi connectivity index (χ1) is 18.0. The molecule has 1 aromatic heterocycles. The lowest BCUT2D eigenvalue weighted by atomic mass is 10.1. The van der Waals surface area contributed by atoms with Gasteiger partial charge in [0.1, 0.15) is 12.6 Å². The molecule has 37 heavy (non-hydrogen) atoms. The van der Waals surface area contributed by atoms with Crippen molar-refractivity contribution in [2.24, 2.45) is 0 Å². The average molecular weight is 507 g/mol. The number of tetrazole rings is 1. The normalized spacial score (nSPS) is 14.2. The Hall–Kier alpha value is -3.95. The van der Waals surface area contributed by atoms with Crippen molar-refractivity contribution in [1.29, 1.82) is 0 Å². The Morgan fingerprint density at radius 3 is 2.49 bits per heavy atom. The van der Waals surface area contributed by atoms with Gasteiger partial charge in [-0.25, -0.2) is 0 Å². The van der Waals surface area contributed by atoms with Crippen LogP contribution in [0.15, 0.2) is 48.5 Å². The van der Waals surface area contributed by atoms with Crippen LogP contribution in [-0.2, 0) is 16.1 Å². The number of ether oxygens (including phenoxy) is 2. The lowest BCUT2D eigenvalue weighted by molar-refractivity contribution is -0.127. The number of rotatable bonds is 11. The lowest BCUT2D eigenvalue weighted by Crippen LogP contribution is -2.52. The van der Waals surface area contributed by atoms with Crippen LogP contribution in [-0.4, -0.2) is 58.3 Å². The Balaban J connectivity index is 1.57. The summed E-state index contributed by atoms with van der Waals surface area (Å²) in [6.45, 7) is 1.85. The van der Waals surface area contributed by atoms with E-state index in [2.05, 4.69) is 20.7 Å². The molecule has 3 aromatic rings. The van der Waals surface area contributed by atoms with Crippen LogP contribution in [0, 0.1) is 0 Å². The molecular weight excluding hydrogens is 472 g/mol. The molecule has 0 aliphatic heterocycles. The van der Waals surface area contributed by atoms with Gasteiger partial charge in [-0.15, -0.1) is 10.2 Å². The van der Waals surface area contributed by atoms with Gasteiger partial charge in [0.2, 0.25) is 11.7 Å². The van der Waals surface area contributed by atoms with Crippen LogP contribution in [0.5, 0.6) is 11.5 Å². The molecule has 2 aromatic carbocycles. The third-order valence-corrected chi connectivity index (χ3v) is 6.55. The summed E-state index contributed by atoms with van der Waals surface area (Å²) in [6, 6.07) is 14.1. The van der Waals surface area contributed by atoms with Gasteiger partial charge in [-0.3, -0.25) is 14.5 Å². The number of nitrogens with zero attached hydrogens (tertiary/aromatic N) is 5. The molecule has 196 valence electrons. The number of anilines is 1. The molecule has 0 radical (unpaired) electrons. The zero-order valence-corrected chi connectivity index (χ0v) is 21.6. The van der Waals surface area contributed by atoms with Crippen LogP contribution in [0.3, 0.4) is 0 Å². The van der Waals surface area contributed by atoms with Crippen molar-refractivity contribution in [2.45, 2.75) is 64.1 Å². The fourth-order valence-electron chi connectivity index (χ4n) is 4.70. The predicted octanol–water partition coefficient (Wildman–Crippen LogP) is 3.62. The molecule has 0 bridgehead atoms. The quantitative estimate of drug-likeness (QED) is 0.423. The van der Waals surface area contributed by atoms with E-state index in [0.717, 1.165) is 32.1 Å². The summed E-state index contributed by atoms with van der Waals surface area (Å²) in [6.07, 6.45) is 5.48. The van der Waals surface area contributed by atoms with E-state index in [4.69, 9.17) is 9.47 Å². The molecule has 4 rings (SSSR count). The Labute approximate surface area is 216 Å². The summed E-state index contributed by atoms with van der Waals surface area (Å²) < 4.78 is 10.6. The second-order valence-electron chi connectivity index (χ2n) is 9.11. The van der Waals surface area contributed by atoms with Crippen molar-refractivity contribution in [3.63, 3.8) is 0 Å². The number of nitrogens with one attached hydrogen (secondary N) is 1. The minimum absolute atomic E-state index is 0.122. The van der Waals surface area contributed by atoms with E-state index in [1.165, 1.54) is 4.80 Å². The molecule has 1 N–H and O–H groups in total. The molecule has 0 saturated heterocycles. The molecule has 0 spiro atoms. The molecule has 1 saturated carbocycles. The van der Waals surface area contributed by atoms with Crippen LogP contribution in [0.1, 0.15) is 45.4 Å². The van der Waals surface area contributed by atoms with Crippen LogP contribution >= 0.6 is 0 Å². The van der Waals surface area contributed by atoms with Crippen molar-refractivity contribution >= 4 is 17.5 Å². The maximum atomic E-state index is 13.7. The van der Waals surface area contributed by atoms with Crippen LogP contribution in [0.4, 0.5) is 5.69 Å². The third-order valence-electron chi connectivity index (χ3n) is 6.55. The number of methoxy groups -OCH3 is 2. The monoisotopic (exact) mass is 506 g/mol. The third kappa shape index (κ3) is 6.25. The zero-order chi connectivity index (χ0) is 26.2. The minimum Gasteiger partial charge on any atom is -0.493 e. The van der Waals surface area contributed by atoms with Gasteiger partial charge in [0.15, 0.2) is 11.5 Å². The summed E-state index contributed by atoms with van der Waals surface area (Å²) in [4.78, 5) is 29.9. The molecular formula is C27H34N6O4. The maximum Gasteiger partial charge on any atom is 0.251 e. The molecule has 10 nitrogen and oxygen atoms in total. The number of aromatic nitrogens is 4. The van der Waals surface area contributed by atoms with Crippen molar-refractivity contribution in [2.75, 3.05) is 19.1 Å². The van der Waals surface area contributed by atoms with Crippen molar-refractivity contribution in [1.82, 2.24) is 25.5 Å². The molecule has 1 fully saturated rings. The molecule has 1 aliphatic rings. The predicted molar refractivity (Wildman–Crippen MR) is 139 cm³/mol. The molecule has 1 unspecified atom stereocenters. The van der Waals surface area contributed by atoms with E-state index >= 15 is 0 Å². The average Bonchev–Trinajstić information content (AvgIpc) is 3.61. The Morgan fingerprint density at radius 2 is 1.81 bits per heavy atom. The first-order valence-corrected chi connectivity index (χ1v) is 12.7. The fraction of sp³-hybridized carbons (Fsp3) is 0.444. The number of para-hydroxylation sites is 1. The summed E-state index contributed by atoms with van der Waals surface area (Å²) in [5, 5.41) is 15.8. The number of carbonyl (C=O) groups excluding carboxylic acids is 2. The summed E-state index contributed by atoms with van der Waals surface area (Å²) >= 11 is 0. The first-order valence-electron chi connectivity index (χ1n) is 12.7. The Kier molecular flexibility index (Phi) is 8.71. The standard InChI is InChI=1S/C27H34N6O4/c1-4-10-22(27(35)28-20-11-8-9-12-20)33(21-13-6-5-7-14-21)25(34)18-32-30-26(29-31-32)19-15-16-23(36-2)24(17-19)37-3/h5-7,13-17,20,22H,4,8-12,18H2,1-3H3,(H,28,35). The number of carbonyl (C=O) groups is 2. The maximum absolute atomic E-state index is 13.7. The fourth-order valence-corrected chi connectivity index (χ4v) is 4.70. The number of hydrogen-bond donors (Lipinski definition) is 1. The molecule has 1 aliphatic carbocycles. The van der Waals surface area contributed by atoms with Crippen molar-refractivity contribution < 1.29 is 19.1 Å². The summed E-state index contributed by atoms with van der Waals surface area (Å²) in [5.74, 6) is 1.07. The highest BCUT2D eigenvalue weighted by molar-refractivity contribution is 6.00. The van der Waals surface area contributed by atoms with E-state index in [9.17, 15) is 9.59 Å². The second-order valence-corrected chi connectivity index (χ2v) is 9.11. The van der Waals surface area contributed by atoms with Crippen molar-refractivity contribution in [3.8, 4) is 22.9 Å². The van der Waals surface area contributed by atoms with Crippen LogP contribution in [0.25, 0.3) is 11.4 Å². The first kappa shape index (κ1) is 26.1. The highest BCUT2D eigenvalue weighted by Crippen LogP contribution is 2.31. The van der Waals surface area contributed by atoms with E-state index < -0.39 is 6.04 Å². The van der Waals surface area contributed by atoms with Gasteiger partial charge in [0.25, 0.3) is 5.91 Å². The van der Waals surface area contributed by atoms with Gasteiger partial charge >= 0.3 is 0 Å². The number of amides is 2. The lowest BCUT2D eigenvalue weighted by Gasteiger charge is -2.31. The van der Waals surface area contributed by atoms with E-state index in [1.807, 2.05) is 37.3 Å². The smallest absolute Gasteiger partial charge is 0.251 e. The summed E-state index contributed by atoms with van der Waals surface area (Å²) in [7, 11) is 3.12. The number of hydrogen-bond acceptors (Lipinski definition) is 7. The Bertz CT molecular complexity index is 1190.